The van der Waals surface area contributed by atoms with Crippen molar-refractivity contribution in [1.82, 2.24) is 14.8 Å². The Bertz CT molecular complexity index is 893. The van der Waals surface area contributed by atoms with Gasteiger partial charge in [-0.05, 0) is 30.5 Å². The van der Waals surface area contributed by atoms with E-state index in [1.54, 1.807) is 11.8 Å². The second-order valence-corrected chi connectivity index (χ2v) is 8.23. The van der Waals surface area contributed by atoms with Crippen molar-refractivity contribution in [2.75, 3.05) is 5.75 Å². The van der Waals surface area contributed by atoms with Crippen molar-refractivity contribution in [1.29, 1.82) is 0 Å². The number of nitrogens with zero attached hydrogens (tertiary/aromatic N) is 3. The number of benzene rings is 2. The average molecular weight is 400 g/mol. The Labute approximate surface area is 168 Å². The summed E-state index contributed by atoms with van der Waals surface area (Å²) in [6, 6.07) is 17.9. The summed E-state index contributed by atoms with van der Waals surface area (Å²) in [5, 5.41) is 21.0. The molecule has 1 heterocycles. The molecule has 0 bridgehead atoms. The van der Waals surface area contributed by atoms with Crippen LogP contribution in [0.25, 0.3) is 11.4 Å². The molecule has 4 rings (SSSR count). The van der Waals surface area contributed by atoms with Crippen molar-refractivity contribution >= 4 is 23.4 Å². The molecule has 0 radical (unpaired) electrons. The molecule has 0 amide bonds. The largest absolute Gasteiger partial charge is 0.388 e. The van der Waals surface area contributed by atoms with Crippen LogP contribution in [0.2, 0.25) is 5.02 Å². The normalized spacial score (nSPS) is 15.9. The number of aromatic nitrogens is 3. The van der Waals surface area contributed by atoms with Crippen molar-refractivity contribution in [3.8, 4) is 11.4 Å². The molecule has 1 aliphatic carbocycles. The van der Waals surface area contributed by atoms with Gasteiger partial charge < -0.3 is 5.11 Å². The first-order valence-corrected chi connectivity index (χ1v) is 10.7. The molecule has 1 atom stereocenters. The van der Waals surface area contributed by atoms with E-state index in [1.165, 1.54) is 12.8 Å². The second kappa shape index (κ2) is 8.46. The highest BCUT2D eigenvalue weighted by atomic mass is 35.5. The van der Waals surface area contributed by atoms with E-state index >= 15 is 0 Å². The van der Waals surface area contributed by atoms with Crippen molar-refractivity contribution in [3.63, 3.8) is 0 Å². The fourth-order valence-corrected chi connectivity index (χ4v) is 4.81. The lowest BCUT2D eigenvalue weighted by atomic mass is 10.1. The number of aliphatic hydroxyl groups excluding tert-OH is 1. The number of thioether (sulfide) groups is 1. The predicted molar refractivity (Wildman–Crippen MR) is 110 cm³/mol. The van der Waals surface area contributed by atoms with Crippen LogP contribution in [0.4, 0.5) is 0 Å². The molecule has 0 saturated heterocycles. The van der Waals surface area contributed by atoms with Gasteiger partial charge in [-0.3, -0.25) is 4.57 Å². The summed E-state index contributed by atoms with van der Waals surface area (Å²) in [6.45, 7) is 0. The Hall–Kier alpha value is -1.82. The van der Waals surface area contributed by atoms with Crippen molar-refractivity contribution in [2.24, 2.45) is 0 Å². The summed E-state index contributed by atoms with van der Waals surface area (Å²) < 4.78 is 2.23. The highest BCUT2D eigenvalue weighted by molar-refractivity contribution is 7.99. The fourth-order valence-electron chi connectivity index (χ4n) is 3.62. The number of aliphatic hydroxyl groups is 1. The van der Waals surface area contributed by atoms with Crippen LogP contribution in [0.5, 0.6) is 0 Å². The molecular formula is C21H22ClN3OS. The quantitative estimate of drug-likeness (QED) is 0.553. The van der Waals surface area contributed by atoms with Crippen LogP contribution in [0.15, 0.2) is 59.8 Å². The van der Waals surface area contributed by atoms with Crippen LogP contribution >= 0.6 is 23.4 Å². The summed E-state index contributed by atoms with van der Waals surface area (Å²) in [4.78, 5) is 0. The molecule has 1 saturated carbocycles. The maximum atomic E-state index is 10.5. The van der Waals surface area contributed by atoms with Gasteiger partial charge in [-0.1, -0.05) is 78.7 Å². The molecule has 1 N–H and O–H groups in total. The van der Waals surface area contributed by atoms with E-state index in [9.17, 15) is 5.11 Å². The van der Waals surface area contributed by atoms with E-state index in [4.69, 9.17) is 11.6 Å². The van der Waals surface area contributed by atoms with Gasteiger partial charge in [0.2, 0.25) is 0 Å². The maximum Gasteiger partial charge on any atom is 0.191 e. The molecule has 0 spiro atoms. The summed E-state index contributed by atoms with van der Waals surface area (Å²) in [7, 11) is 0. The summed E-state index contributed by atoms with van der Waals surface area (Å²) in [5.41, 5.74) is 1.83. The van der Waals surface area contributed by atoms with E-state index in [2.05, 4.69) is 14.8 Å². The highest BCUT2D eigenvalue weighted by Crippen LogP contribution is 2.38. The van der Waals surface area contributed by atoms with Gasteiger partial charge in [-0.2, -0.15) is 0 Å². The van der Waals surface area contributed by atoms with E-state index in [0.717, 1.165) is 34.9 Å². The first-order valence-electron chi connectivity index (χ1n) is 9.29. The first-order chi connectivity index (χ1) is 13.2. The molecule has 6 heteroatoms. The van der Waals surface area contributed by atoms with Crippen LogP contribution in [0.3, 0.4) is 0 Å². The lowest BCUT2D eigenvalue weighted by Gasteiger charge is -2.18. The van der Waals surface area contributed by atoms with Crippen molar-refractivity contribution in [3.05, 3.63) is 65.2 Å². The zero-order valence-electron chi connectivity index (χ0n) is 15.0. The third-order valence-corrected chi connectivity index (χ3v) is 6.37. The van der Waals surface area contributed by atoms with Gasteiger partial charge in [0.1, 0.15) is 0 Å². The van der Waals surface area contributed by atoms with Gasteiger partial charge in [0.15, 0.2) is 11.0 Å². The minimum Gasteiger partial charge on any atom is -0.388 e. The third-order valence-electron chi connectivity index (χ3n) is 5.02. The highest BCUT2D eigenvalue weighted by Gasteiger charge is 2.26. The van der Waals surface area contributed by atoms with Crippen molar-refractivity contribution in [2.45, 2.75) is 43.0 Å². The molecule has 27 heavy (non-hydrogen) atoms. The van der Waals surface area contributed by atoms with Gasteiger partial charge in [-0.15, -0.1) is 10.2 Å². The molecule has 2 aromatic carbocycles. The Morgan fingerprint density at radius 3 is 2.48 bits per heavy atom. The number of hydrogen-bond donors (Lipinski definition) is 1. The topological polar surface area (TPSA) is 50.9 Å². The molecular weight excluding hydrogens is 378 g/mol. The van der Waals surface area contributed by atoms with Crippen LogP contribution in [0, 0.1) is 0 Å². The second-order valence-electron chi connectivity index (χ2n) is 6.83. The van der Waals surface area contributed by atoms with E-state index in [0.29, 0.717) is 16.8 Å². The van der Waals surface area contributed by atoms with Crippen molar-refractivity contribution < 1.29 is 5.11 Å². The standard InChI is InChI=1S/C21H22ClN3OS/c22-18-13-7-6-12-17(18)20-23-24-21(25(20)16-10-4-5-11-16)27-14-19(26)15-8-2-1-3-9-15/h1-3,6-9,12-13,16,19,26H,4-5,10-11,14H2/t19-/m1/s1. The van der Waals surface area contributed by atoms with Crippen LogP contribution < -0.4 is 0 Å². The molecule has 4 nitrogen and oxygen atoms in total. The molecule has 0 aliphatic heterocycles. The van der Waals surface area contributed by atoms with Crippen LogP contribution in [-0.2, 0) is 0 Å². The molecule has 1 aromatic heterocycles. The number of halogens is 1. The number of hydrogen-bond acceptors (Lipinski definition) is 4. The molecule has 140 valence electrons. The Morgan fingerprint density at radius 2 is 1.74 bits per heavy atom. The first kappa shape index (κ1) is 18.5. The van der Waals surface area contributed by atoms with Crippen LogP contribution in [-0.4, -0.2) is 25.6 Å². The molecule has 1 aliphatic rings. The lowest BCUT2D eigenvalue weighted by molar-refractivity contribution is 0.204. The smallest absolute Gasteiger partial charge is 0.191 e. The predicted octanol–water partition coefficient (Wildman–Crippen LogP) is 5.54. The Kier molecular flexibility index (Phi) is 5.81. The van der Waals surface area contributed by atoms with Gasteiger partial charge in [-0.25, -0.2) is 0 Å². The third kappa shape index (κ3) is 4.05. The molecule has 1 fully saturated rings. The van der Waals surface area contributed by atoms with E-state index < -0.39 is 6.10 Å². The van der Waals surface area contributed by atoms with Gasteiger partial charge in [0, 0.05) is 17.4 Å². The lowest BCUT2D eigenvalue weighted by Crippen LogP contribution is -2.09. The SMILES string of the molecule is O[C@H](CSc1nnc(-c2ccccc2Cl)n1C1CCCC1)c1ccccc1. The van der Waals surface area contributed by atoms with Gasteiger partial charge in [0.25, 0.3) is 0 Å². The average Bonchev–Trinajstić information content (AvgIpc) is 3.36. The maximum absolute atomic E-state index is 10.5. The molecule has 3 aromatic rings. The summed E-state index contributed by atoms with van der Waals surface area (Å²) >= 11 is 7.98. The monoisotopic (exact) mass is 399 g/mol. The van der Waals surface area contributed by atoms with Crippen LogP contribution in [0.1, 0.15) is 43.4 Å². The van der Waals surface area contributed by atoms with Gasteiger partial charge >= 0.3 is 0 Å². The minimum absolute atomic E-state index is 0.391. The number of rotatable bonds is 6. The Morgan fingerprint density at radius 1 is 1.04 bits per heavy atom. The zero-order valence-corrected chi connectivity index (χ0v) is 16.5. The Balaban J connectivity index is 1.62. The zero-order chi connectivity index (χ0) is 18.6. The van der Waals surface area contributed by atoms with E-state index in [1.807, 2.05) is 54.6 Å². The molecule has 0 unspecified atom stereocenters. The van der Waals surface area contributed by atoms with Gasteiger partial charge in [0.05, 0.1) is 11.1 Å². The minimum atomic E-state index is -0.534. The summed E-state index contributed by atoms with van der Waals surface area (Å²) in [5.74, 6) is 1.36. The summed E-state index contributed by atoms with van der Waals surface area (Å²) in [6.07, 6.45) is 4.17. The van der Waals surface area contributed by atoms with E-state index in [-0.39, 0.29) is 0 Å². The fraction of sp³-hybridized carbons (Fsp3) is 0.333.